The van der Waals surface area contributed by atoms with Crippen molar-refractivity contribution in [2.45, 2.75) is 6.92 Å². The monoisotopic (exact) mass is 285 g/mol. The Labute approximate surface area is 205 Å². The molecule has 0 bridgehead atoms. The maximum Gasteiger partial charge on any atom is 1.00 e. The van der Waals surface area contributed by atoms with Gasteiger partial charge in [-0.15, -0.1) is 0 Å². The van der Waals surface area contributed by atoms with Gasteiger partial charge in [0.05, 0.1) is 6.07 Å². The van der Waals surface area contributed by atoms with Crippen LogP contribution in [0.2, 0.25) is 0 Å². The molecule has 0 aromatic carbocycles. The van der Waals surface area contributed by atoms with E-state index in [1.54, 1.807) is 6.07 Å². The number of nitriles is 1. The van der Waals surface area contributed by atoms with E-state index in [9.17, 15) is 0 Å². The Kier molecular flexibility index (Phi) is 83.0. The Morgan fingerprint density at radius 1 is 1.15 bits per heavy atom. The molecule has 0 fully saturated rings. The van der Waals surface area contributed by atoms with Gasteiger partial charge in [0.25, 0.3) is 0 Å². The average molecular weight is 285 g/mol. The van der Waals surface area contributed by atoms with Gasteiger partial charge in [0, 0.05) is 14.0 Å². The molecule has 0 saturated heterocycles. The van der Waals surface area contributed by atoms with Gasteiger partial charge >= 0.3 is 154 Å². The molecule has 6 nitrogen and oxygen atoms in total. The molecule has 1 N–H and O–H groups in total. The fourth-order valence-corrected chi connectivity index (χ4v) is 0. The van der Waals surface area contributed by atoms with Crippen LogP contribution in [0.25, 0.3) is 0 Å². The van der Waals surface area contributed by atoms with E-state index in [1.807, 2.05) is 0 Å². The molecular weight excluding hydrogens is 278 g/mol. The fraction of sp³-hybridized carbons (Fsp3) is 0.667. The molecule has 0 unspecified atom stereocenters. The molecule has 62 valence electrons. The first-order valence-electron chi connectivity index (χ1n) is 1.90. The number of hydrogen-bond acceptors (Lipinski definition) is 6. The van der Waals surface area contributed by atoms with E-state index < -0.39 is 7.82 Å². The molecule has 0 aromatic rings. The summed E-state index contributed by atoms with van der Waals surface area (Å²) in [5.41, 5.74) is 0. The second-order valence-electron chi connectivity index (χ2n) is 0.671. The van der Waals surface area contributed by atoms with Crippen molar-refractivity contribution in [3.8, 4) is 6.07 Å². The van der Waals surface area contributed by atoms with Gasteiger partial charge in [0.2, 0.25) is 0 Å². The molecule has 0 atom stereocenters. The Bertz CT molecular complexity index is 125. The fourth-order valence-electron chi connectivity index (χ4n) is 0. The van der Waals surface area contributed by atoms with Gasteiger partial charge < -0.3 is 24.4 Å². The van der Waals surface area contributed by atoms with E-state index in [1.165, 1.54) is 6.92 Å². The minimum absolute atomic E-state index is 0. The van der Waals surface area contributed by atoms with Gasteiger partial charge in [-0.1, -0.05) is 0 Å². The summed E-state index contributed by atoms with van der Waals surface area (Å²) in [5.74, 6) is 0. The summed E-state index contributed by atoms with van der Waals surface area (Å²) < 4.78 is 8.55. The second-order valence-corrected chi connectivity index (χ2v) is 1.57. The summed E-state index contributed by atoms with van der Waals surface area (Å²) in [5, 5.41) is 14.3. The normalized spacial score (nSPS) is 5.62. The van der Waals surface area contributed by atoms with Gasteiger partial charge in [0.15, 0.2) is 0 Å². The second kappa shape index (κ2) is 30.0. The summed E-state index contributed by atoms with van der Waals surface area (Å²) in [6.45, 7) is 1.43. The summed E-state index contributed by atoms with van der Waals surface area (Å²) in [6.07, 6.45) is 0. The summed E-state index contributed by atoms with van der Waals surface area (Å²) >= 11 is 0. The van der Waals surface area contributed by atoms with Gasteiger partial charge in [0.1, 0.15) is 0 Å². The Hall–Kier alpha value is 4.47. The SMILES string of the molecule is CC#N.CO.O=P([O-])([O-])[O-].[K+].[K+].[K+]. The van der Waals surface area contributed by atoms with Crippen LogP contribution in [-0.4, -0.2) is 12.2 Å². The maximum absolute atomic E-state index is 8.55. The third-order valence-corrected chi connectivity index (χ3v) is 0. The van der Waals surface area contributed by atoms with E-state index in [0.29, 0.717) is 0 Å². The number of rotatable bonds is 0. The van der Waals surface area contributed by atoms with Crippen LogP contribution in [0.5, 0.6) is 0 Å². The Balaban J connectivity index is -0.0000000138. The predicted octanol–water partition coefficient (Wildman–Crippen LogP) is -11.7. The molecule has 0 amide bonds. The standard InChI is InChI=1S/C2H3N.CH4O.3K.H3O4P/c1-2-3;1-2;;;;1-5(2,3)4/h1H3;2H,1H3;;;;(H3,1,2,3,4)/q;;3*+1;/p-3. The van der Waals surface area contributed by atoms with E-state index in [2.05, 4.69) is 0 Å². The number of nitrogens with zero attached hydrogens (tertiary/aromatic N) is 1. The van der Waals surface area contributed by atoms with Crippen molar-refractivity contribution in [1.29, 1.82) is 5.26 Å². The molecule has 10 heteroatoms. The zero-order valence-electron chi connectivity index (χ0n) is 8.47. The van der Waals surface area contributed by atoms with Crippen molar-refractivity contribution in [3.05, 3.63) is 0 Å². The minimum Gasteiger partial charge on any atom is -0.822 e. The molecule has 0 spiro atoms. The topological polar surface area (TPSA) is 130 Å². The molecule has 0 saturated carbocycles. The van der Waals surface area contributed by atoms with Crippen LogP contribution in [0.4, 0.5) is 0 Å². The first-order valence-corrected chi connectivity index (χ1v) is 3.36. The quantitative estimate of drug-likeness (QED) is 0.347. The largest absolute Gasteiger partial charge is 1.00 e. The first kappa shape index (κ1) is 36.0. The third kappa shape index (κ3) is 173. The summed E-state index contributed by atoms with van der Waals surface area (Å²) in [6, 6.07) is 1.75. The van der Waals surface area contributed by atoms with Gasteiger partial charge in [-0.05, 0) is 0 Å². The third-order valence-electron chi connectivity index (χ3n) is 0. The van der Waals surface area contributed by atoms with Crippen LogP contribution >= 0.6 is 7.82 Å². The molecule has 0 radical (unpaired) electrons. The molecule has 0 aliphatic carbocycles. The van der Waals surface area contributed by atoms with Crippen LogP contribution in [0.1, 0.15) is 6.92 Å². The van der Waals surface area contributed by atoms with Crippen LogP contribution < -0.4 is 169 Å². The van der Waals surface area contributed by atoms with E-state index in [0.717, 1.165) is 7.11 Å². The molecular formula is C3H7K3NO5P. The molecule has 0 rings (SSSR count). The smallest absolute Gasteiger partial charge is 0.822 e. The van der Waals surface area contributed by atoms with Crippen LogP contribution in [0.3, 0.4) is 0 Å². The van der Waals surface area contributed by atoms with Crippen molar-refractivity contribution >= 4 is 7.82 Å². The van der Waals surface area contributed by atoms with Crippen LogP contribution in [-0.2, 0) is 4.57 Å². The molecule has 0 aromatic heterocycles. The van der Waals surface area contributed by atoms with Crippen LogP contribution in [0, 0.1) is 11.3 Å². The van der Waals surface area contributed by atoms with E-state index in [4.69, 9.17) is 29.6 Å². The van der Waals surface area contributed by atoms with Crippen LogP contribution in [0.15, 0.2) is 0 Å². The number of aliphatic hydroxyl groups excluding tert-OH is 1. The minimum atomic E-state index is -5.39. The Morgan fingerprint density at radius 2 is 1.15 bits per heavy atom. The average Bonchev–Trinajstić information content (AvgIpc) is 1.68. The van der Waals surface area contributed by atoms with Crippen molar-refractivity contribution in [2.24, 2.45) is 0 Å². The van der Waals surface area contributed by atoms with Crippen molar-refractivity contribution in [3.63, 3.8) is 0 Å². The Morgan fingerprint density at radius 3 is 1.15 bits per heavy atom. The molecule has 0 heterocycles. The van der Waals surface area contributed by atoms with Crippen molar-refractivity contribution in [1.82, 2.24) is 0 Å². The summed E-state index contributed by atoms with van der Waals surface area (Å²) in [4.78, 5) is 25.6. The maximum atomic E-state index is 8.55. The molecule has 0 aliphatic rings. The predicted molar refractivity (Wildman–Crippen MR) is 27.0 cm³/mol. The van der Waals surface area contributed by atoms with E-state index in [-0.39, 0.29) is 154 Å². The van der Waals surface area contributed by atoms with Gasteiger partial charge in [-0.2, -0.15) is 13.1 Å². The first-order chi connectivity index (χ1) is 4.41. The molecule has 13 heavy (non-hydrogen) atoms. The van der Waals surface area contributed by atoms with Crippen molar-refractivity contribution in [2.75, 3.05) is 7.11 Å². The number of hydrogen-bond donors (Lipinski definition) is 1. The zero-order valence-corrected chi connectivity index (χ0v) is 18.7. The van der Waals surface area contributed by atoms with E-state index >= 15 is 0 Å². The summed E-state index contributed by atoms with van der Waals surface area (Å²) in [7, 11) is -4.39. The number of aliphatic hydroxyl groups is 1. The zero-order chi connectivity index (χ0) is 9.21. The van der Waals surface area contributed by atoms with Crippen molar-refractivity contribution < 1.29 is 179 Å². The number of phosphoric acid groups is 1. The van der Waals surface area contributed by atoms with Gasteiger partial charge in [-0.3, -0.25) is 0 Å². The van der Waals surface area contributed by atoms with Gasteiger partial charge in [-0.25, -0.2) is 0 Å². The molecule has 0 aliphatic heterocycles.